The molecule has 0 fully saturated rings. The van der Waals surface area contributed by atoms with Crippen LogP contribution < -0.4 is 21.3 Å². The average molecular weight is 712 g/mol. The maximum absolute atomic E-state index is 13.9. The van der Waals surface area contributed by atoms with Crippen LogP contribution in [0.2, 0.25) is 0 Å². The van der Waals surface area contributed by atoms with E-state index in [1.165, 1.54) is 11.3 Å². The van der Waals surface area contributed by atoms with Gasteiger partial charge in [0.25, 0.3) is 5.56 Å². The lowest BCUT2D eigenvalue weighted by Gasteiger charge is -2.27. The molecular formula is C30H42IN5O5S. The van der Waals surface area contributed by atoms with Gasteiger partial charge in [-0.15, -0.1) is 24.0 Å². The number of benzene rings is 1. The summed E-state index contributed by atoms with van der Waals surface area (Å²) in [6, 6.07) is 9.29. The van der Waals surface area contributed by atoms with Gasteiger partial charge in [0, 0.05) is 37.2 Å². The molecule has 10 nitrogen and oxygen atoms in total. The number of methoxy groups -OCH3 is 1. The minimum absolute atomic E-state index is 0. The van der Waals surface area contributed by atoms with Gasteiger partial charge >= 0.3 is 5.69 Å². The second kappa shape index (κ2) is 15.0. The van der Waals surface area contributed by atoms with E-state index in [0.29, 0.717) is 41.3 Å². The molecule has 0 aliphatic heterocycles. The van der Waals surface area contributed by atoms with Crippen LogP contribution in [-0.4, -0.2) is 49.7 Å². The summed E-state index contributed by atoms with van der Waals surface area (Å²) in [7, 11) is 1.61. The largest absolute Gasteiger partial charge is 0.496 e. The summed E-state index contributed by atoms with van der Waals surface area (Å²) in [6.07, 6.45) is 3.97. The Balaban J connectivity index is 0.000000947. The van der Waals surface area contributed by atoms with Crippen molar-refractivity contribution in [2.24, 2.45) is 5.92 Å². The Kier molecular flexibility index (Phi) is 12.6. The molecule has 0 radical (unpaired) electrons. The van der Waals surface area contributed by atoms with Crippen LogP contribution in [0.15, 0.2) is 52.3 Å². The van der Waals surface area contributed by atoms with Gasteiger partial charge in [0.05, 0.1) is 12.5 Å². The van der Waals surface area contributed by atoms with Gasteiger partial charge in [-0.05, 0) is 64.7 Å². The molecule has 0 unspecified atom stereocenters. The third-order valence-corrected chi connectivity index (χ3v) is 7.90. The van der Waals surface area contributed by atoms with Crippen molar-refractivity contribution in [3.05, 3.63) is 74.7 Å². The molecule has 0 aliphatic carbocycles. The number of carbonyl (C=O) groups is 1. The van der Waals surface area contributed by atoms with E-state index < -0.39 is 22.7 Å². The lowest BCUT2D eigenvalue weighted by atomic mass is 10.0. The van der Waals surface area contributed by atoms with E-state index in [1.807, 2.05) is 58.9 Å². The molecule has 3 heterocycles. The van der Waals surface area contributed by atoms with Crippen LogP contribution in [-0.2, 0) is 23.3 Å². The van der Waals surface area contributed by atoms with E-state index in [-0.39, 0.29) is 30.0 Å². The molecule has 4 aromatic rings. The fraction of sp³-hybridized carbons (Fsp3) is 0.467. The molecule has 0 bridgehead atoms. The third-order valence-electron chi connectivity index (χ3n) is 6.60. The number of nitrogens with one attached hydrogen (secondary N) is 1. The molecule has 4 rings (SSSR count). The van der Waals surface area contributed by atoms with Gasteiger partial charge in [0.15, 0.2) is 0 Å². The summed E-state index contributed by atoms with van der Waals surface area (Å²) >= 11 is 1.34. The monoisotopic (exact) mass is 711 g/mol. The molecule has 0 atom stereocenters. The summed E-state index contributed by atoms with van der Waals surface area (Å²) in [4.78, 5) is 41.4. The van der Waals surface area contributed by atoms with Gasteiger partial charge in [0.1, 0.15) is 21.1 Å². The molecular weight excluding hydrogens is 669 g/mol. The van der Waals surface area contributed by atoms with E-state index in [4.69, 9.17) is 9.84 Å². The molecule has 2 N–H and O–H groups in total. The Morgan fingerprint density at radius 3 is 2.33 bits per heavy atom. The second-order valence-corrected chi connectivity index (χ2v) is 12.0. The number of ether oxygens (including phenoxy) is 1. The summed E-state index contributed by atoms with van der Waals surface area (Å²) < 4.78 is 9.86. The van der Waals surface area contributed by atoms with Gasteiger partial charge in [-0.3, -0.25) is 14.2 Å². The minimum Gasteiger partial charge on any atom is -0.496 e. The average Bonchev–Trinajstić information content (AvgIpc) is 3.56. The number of aliphatic hydroxyl groups is 1. The van der Waals surface area contributed by atoms with Crippen LogP contribution in [0.5, 0.6) is 5.75 Å². The van der Waals surface area contributed by atoms with Crippen LogP contribution in [0.1, 0.15) is 52.7 Å². The molecule has 0 aliphatic rings. The first-order chi connectivity index (χ1) is 19.3. The van der Waals surface area contributed by atoms with Crippen LogP contribution in [0.3, 0.4) is 0 Å². The maximum Gasteiger partial charge on any atom is 0.333 e. The van der Waals surface area contributed by atoms with Crippen molar-refractivity contribution in [3.63, 3.8) is 0 Å². The Labute approximate surface area is 267 Å². The van der Waals surface area contributed by atoms with E-state index >= 15 is 0 Å². The highest BCUT2D eigenvalue weighted by atomic mass is 127. The van der Waals surface area contributed by atoms with Crippen molar-refractivity contribution < 1.29 is 14.6 Å². The van der Waals surface area contributed by atoms with Gasteiger partial charge in [-0.2, -0.15) is 5.10 Å². The number of rotatable bonds is 9. The zero-order valence-corrected chi connectivity index (χ0v) is 28.6. The number of aliphatic hydroxyl groups excluding tert-OH is 1. The van der Waals surface area contributed by atoms with E-state index in [9.17, 15) is 14.4 Å². The zero-order chi connectivity index (χ0) is 30.5. The molecule has 1 amide bonds. The first-order valence-electron chi connectivity index (χ1n) is 13.7. The van der Waals surface area contributed by atoms with E-state index in [2.05, 4.69) is 10.4 Å². The third kappa shape index (κ3) is 7.51. The summed E-state index contributed by atoms with van der Waals surface area (Å²) in [5, 5.41) is 16.5. The van der Waals surface area contributed by atoms with Crippen molar-refractivity contribution >= 4 is 51.4 Å². The first kappa shape index (κ1) is 35.2. The highest BCUT2D eigenvalue weighted by molar-refractivity contribution is 14.0. The van der Waals surface area contributed by atoms with E-state index in [0.717, 1.165) is 20.9 Å². The number of carbonyl (C=O) groups excluding carboxylic acids is 1. The number of aromatic nitrogens is 4. The standard InChI is InChI=1S/C26H31N5O4S.C4H10O.HI/c1-16(2)28-24(33)26(4,5)31-21(32)20-17(3)22(30-14-9-13-27-30)36-23(20)29(25(31)34)15-12-18-10-7-8-11-19(18)35-6;1-4(2)3-5;/h7-11,13-14,16H,12,15H2,1-6H3,(H,28,33);4-5H,3H2,1-2H3;1H. The van der Waals surface area contributed by atoms with Crippen molar-refractivity contribution in [2.45, 2.75) is 73.0 Å². The fourth-order valence-electron chi connectivity index (χ4n) is 4.31. The maximum atomic E-state index is 13.9. The molecule has 0 spiro atoms. The second-order valence-electron chi connectivity index (χ2n) is 11.1. The zero-order valence-electron chi connectivity index (χ0n) is 25.5. The smallest absolute Gasteiger partial charge is 0.333 e. The number of thiophene rings is 1. The van der Waals surface area contributed by atoms with Crippen molar-refractivity contribution in [3.8, 4) is 10.8 Å². The highest BCUT2D eigenvalue weighted by Gasteiger charge is 2.35. The molecule has 0 saturated heterocycles. The van der Waals surface area contributed by atoms with Crippen LogP contribution in [0, 0.1) is 12.8 Å². The minimum atomic E-state index is -1.40. The molecule has 230 valence electrons. The van der Waals surface area contributed by atoms with E-state index in [1.54, 1.807) is 48.7 Å². The highest BCUT2D eigenvalue weighted by Crippen LogP contribution is 2.31. The predicted octanol–water partition coefficient (Wildman–Crippen LogP) is 4.48. The molecule has 12 heteroatoms. The van der Waals surface area contributed by atoms with Crippen molar-refractivity contribution in [2.75, 3.05) is 13.7 Å². The number of amides is 1. The molecule has 42 heavy (non-hydrogen) atoms. The topological polar surface area (TPSA) is 120 Å². The number of aryl methyl sites for hydroxylation is 3. The summed E-state index contributed by atoms with van der Waals surface area (Å²) in [5.74, 6) is 0.772. The Morgan fingerprint density at radius 1 is 1.14 bits per heavy atom. The summed E-state index contributed by atoms with van der Waals surface area (Å²) in [5.41, 5.74) is -0.767. The number of fused-ring (bicyclic) bond motifs is 1. The quantitative estimate of drug-likeness (QED) is 0.247. The van der Waals surface area contributed by atoms with Crippen LogP contribution in [0.25, 0.3) is 15.2 Å². The number of hydrogen-bond donors (Lipinski definition) is 2. The van der Waals surface area contributed by atoms with Crippen LogP contribution in [0.4, 0.5) is 0 Å². The predicted molar refractivity (Wildman–Crippen MR) is 179 cm³/mol. The van der Waals surface area contributed by atoms with Crippen molar-refractivity contribution in [1.29, 1.82) is 0 Å². The fourth-order valence-corrected chi connectivity index (χ4v) is 5.58. The first-order valence-corrected chi connectivity index (χ1v) is 14.5. The van der Waals surface area contributed by atoms with Crippen molar-refractivity contribution in [1.82, 2.24) is 24.2 Å². The number of halogens is 1. The number of nitrogens with zero attached hydrogens (tertiary/aromatic N) is 4. The Morgan fingerprint density at radius 2 is 1.79 bits per heavy atom. The molecule has 3 aromatic heterocycles. The Hall–Kier alpha value is -2.97. The Bertz CT molecular complexity index is 1600. The SMILES string of the molecule is CC(C)CO.COc1ccccc1CCn1c(=O)n(C(C)(C)C(=O)NC(C)C)c(=O)c2c(C)c(-n3cccn3)sc21.I. The lowest BCUT2D eigenvalue weighted by Crippen LogP contribution is -2.56. The summed E-state index contributed by atoms with van der Waals surface area (Å²) in [6.45, 7) is 13.3. The number of hydrogen-bond acceptors (Lipinski definition) is 7. The molecule has 1 aromatic carbocycles. The molecule has 0 saturated carbocycles. The van der Waals surface area contributed by atoms with Gasteiger partial charge in [-0.1, -0.05) is 43.4 Å². The van der Waals surface area contributed by atoms with Gasteiger partial charge in [0.2, 0.25) is 5.91 Å². The van der Waals surface area contributed by atoms with Gasteiger partial charge in [-0.25, -0.2) is 14.0 Å². The van der Waals surface area contributed by atoms with Crippen LogP contribution >= 0.6 is 35.3 Å². The van der Waals surface area contributed by atoms with Gasteiger partial charge < -0.3 is 15.2 Å². The lowest BCUT2D eigenvalue weighted by molar-refractivity contribution is -0.129. The normalized spacial score (nSPS) is 11.3. The number of para-hydroxylation sites is 1.